The first-order valence-electron chi connectivity index (χ1n) is 9.18. The molecule has 8 nitrogen and oxygen atoms in total. The van der Waals surface area contributed by atoms with E-state index >= 15 is 0 Å². The quantitative estimate of drug-likeness (QED) is 0.585. The molecule has 1 N–H and O–H groups in total. The Bertz CT molecular complexity index is 940. The first kappa shape index (κ1) is 20.2. The number of nitro groups is 1. The number of hydrogen-bond donors (Lipinski definition) is 1. The van der Waals surface area contributed by atoms with Gasteiger partial charge in [0.15, 0.2) is 0 Å². The number of piperidine rings is 1. The number of benzene rings is 1. The molecule has 0 unspecified atom stereocenters. The van der Waals surface area contributed by atoms with Crippen LogP contribution in [0.1, 0.15) is 25.8 Å². The fourth-order valence-electron chi connectivity index (χ4n) is 3.62. The molecule has 28 heavy (non-hydrogen) atoms. The SMILES string of the molecule is C[C@@H]1C[C@H](C)CN(S(=O)(=O)c2ccc(NCc3cccnc3)c([N+](=O)[O-])c2)C1. The van der Waals surface area contributed by atoms with E-state index in [1.165, 1.54) is 16.4 Å². The van der Waals surface area contributed by atoms with E-state index in [0.717, 1.165) is 18.1 Å². The monoisotopic (exact) mass is 404 g/mol. The van der Waals surface area contributed by atoms with Gasteiger partial charge in [-0.25, -0.2) is 8.42 Å². The lowest BCUT2D eigenvalue weighted by molar-refractivity contribution is -0.384. The number of hydrogen-bond acceptors (Lipinski definition) is 6. The highest BCUT2D eigenvalue weighted by Crippen LogP contribution is 2.31. The molecule has 1 aromatic heterocycles. The van der Waals surface area contributed by atoms with E-state index in [-0.39, 0.29) is 28.1 Å². The van der Waals surface area contributed by atoms with Crippen molar-refractivity contribution in [2.75, 3.05) is 18.4 Å². The molecule has 3 rings (SSSR count). The summed E-state index contributed by atoms with van der Waals surface area (Å²) < 4.78 is 27.5. The summed E-state index contributed by atoms with van der Waals surface area (Å²) in [6, 6.07) is 7.66. The summed E-state index contributed by atoms with van der Waals surface area (Å²) in [5.41, 5.74) is 0.876. The molecule has 2 aromatic rings. The Morgan fingerprint density at radius 3 is 2.57 bits per heavy atom. The molecule has 0 spiro atoms. The zero-order chi connectivity index (χ0) is 20.3. The van der Waals surface area contributed by atoms with Crippen molar-refractivity contribution in [3.05, 3.63) is 58.4 Å². The Kier molecular flexibility index (Phi) is 5.95. The summed E-state index contributed by atoms with van der Waals surface area (Å²) in [5, 5.41) is 14.5. The van der Waals surface area contributed by atoms with Crippen LogP contribution in [-0.4, -0.2) is 35.7 Å². The molecule has 1 aliphatic rings. The number of nitrogens with one attached hydrogen (secondary N) is 1. The maximum absolute atomic E-state index is 13.0. The Morgan fingerprint density at radius 2 is 1.96 bits per heavy atom. The van der Waals surface area contributed by atoms with Crippen molar-refractivity contribution in [3.8, 4) is 0 Å². The lowest BCUT2D eigenvalue weighted by atomic mass is 9.94. The minimum atomic E-state index is -3.78. The van der Waals surface area contributed by atoms with E-state index in [9.17, 15) is 18.5 Å². The van der Waals surface area contributed by atoms with E-state index in [4.69, 9.17) is 0 Å². The largest absolute Gasteiger partial charge is 0.375 e. The van der Waals surface area contributed by atoms with Crippen LogP contribution in [0.4, 0.5) is 11.4 Å². The van der Waals surface area contributed by atoms with Crippen LogP contribution in [0.25, 0.3) is 0 Å². The van der Waals surface area contributed by atoms with Crippen molar-refractivity contribution < 1.29 is 13.3 Å². The van der Waals surface area contributed by atoms with E-state index in [1.54, 1.807) is 18.5 Å². The number of pyridine rings is 1. The topological polar surface area (TPSA) is 105 Å². The van der Waals surface area contributed by atoms with Gasteiger partial charge in [0, 0.05) is 38.1 Å². The first-order valence-corrected chi connectivity index (χ1v) is 10.6. The molecule has 1 saturated heterocycles. The van der Waals surface area contributed by atoms with Crippen LogP contribution in [-0.2, 0) is 16.6 Å². The maximum Gasteiger partial charge on any atom is 0.293 e. The van der Waals surface area contributed by atoms with E-state index in [0.29, 0.717) is 19.6 Å². The maximum atomic E-state index is 13.0. The zero-order valence-electron chi connectivity index (χ0n) is 15.9. The predicted molar refractivity (Wildman–Crippen MR) is 106 cm³/mol. The number of anilines is 1. The van der Waals surface area contributed by atoms with Gasteiger partial charge in [-0.15, -0.1) is 0 Å². The molecule has 0 radical (unpaired) electrons. The molecule has 1 aliphatic heterocycles. The summed E-state index contributed by atoms with van der Waals surface area (Å²) in [5.74, 6) is 0.517. The molecular formula is C19H24N4O4S. The van der Waals surface area contributed by atoms with Crippen LogP contribution in [0.2, 0.25) is 0 Å². The Hall–Kier alpha value is -2.52. The van der Waals surface area contributed by atoms with E-state index < -0.39 is 14.9 Å². The smallest absolute Gasteiger partial charge is 0.293 e. The fourth-order valence-corrected chi connectivity index (χ4v) is 5.32. The summed E-state index contributed by atoms with van der Waals surface area (Å²) in [6.45, 7) is 5.25. The van der Waals surface area contributed by atoms with Crippen molar-refractivity contribution in [1.29, 1.82) is 0 Å². The van der Waals surface area contributed by atoms with Crippen molar-refractivity contribution in [3.63, 3.8) is 0 Å². The highest BCUT2D eigenvalue weighted by atomic mass is 32.2. The molecular weight excluding hydrogens is 380 g/mol. The van der Waals surface area contributed by atoms with Gasteiger partial charge in [0.25, 0.3) is 5.69 Å². The summed E-state index contributed by atoms with van der Waals surface area (Å²) in [6.07, 6.45) is 4.29. The normalized spacial score (nSPS) is 20.6. The predicted octanol–water partition coefficient (Wildman–Crippen LogP) is 3.27. The molecule has 2 heterocycles. The molecule has 150 valence electrons. The third-order valence-electron chi connectivity index (χ3n) is 4.84. The molecule has 0 bridgehead atoms. The molecule has 1 fully saturated rings. The average molecular weight is 404 g/mol. The van der Waals surface area contributed by atoms with Crippen LogP contribution in [0.3, 0.4) is 0 Å². The Labute approximate surface area is 164 Å². The number of nitro benzene ring substituents is 1. The Balaban J connectivity index is 1.86. The minimum Gasteiger partial charge on any atom is -0.375 e. The Morgan fingerprint density at radius 1 is 1.25 bits per heavy atom. The molecule has 2 atom stereocenters. The molecule has 0 aliphatic carbocycles. The molecule has 1 aromatic carbocycles. The van der Waals surface area contributed by atoms with Gasteiger partial charge >= 0.3 is 0 Å². The van der Waals surface area contributed by atoms with Crippen molar-refractivity contribution in [2.45, 2.75) is 31.7 Å². The minimum absolute atomic E-state index is 0.0487. The summed E-state index contributed by atoms with van der Waals surface area (Å²) in [7, 11) is -3.78. The third-order valence-corrected chi connectivity index (χ3v) is 6.67. The number of nitrogens with zero attached hydrogens (tertiary/aromatic N) is 3. The van der Waals surface area contributed by atoms with Crippen LogP contribution in [0.15, 0.2) is 47.6 Å². The van der Waals surface area contributed by atoms with Crippen molar-refractivity contribution in [2.24, 2.45) is 11.8 Å². The van der Waals surface area contributed by atoms with Crippen LogP contribution >= 0.6 is 0 Å². The van der Waals surface area contributed by atoms with Gasteiger partial charge in [-0.1, -0.05) is 19.9 Å². The average Bonchev–Trinajstić information content (AvgIpc) is 2.66. The second kappa shape index (κ2) is 8.24. The number of aromatic nitrogens is 1. The van der Waals surface area contributed by atoms with Gasteiger partial charge in [0.2, 0.25) is 10.0 Å². The van der Waals surface area contributed by atoms with Gasteiger partial charge in [-0.2, -0.15) is 4.31 Å². The van der Waals surface area contributed by atoms with Gasteiger partial charge in [-0.3, -0.25) is 15.1 Å². The second-order valence-electron chi connectivity index (χ2n) is 7.42. The van der Waals surface area contributed by atoms with Gasteiger partial charge in [-0.05, 0) is 42.0 Å². The van der Waals surface area contributed by atoms with Crippen LogP contribution < -0.4 is 5.32 Å². The highest BCUT2D eigenvalue weighted by molar-refractivity contribution is 7.89. The zero-order valence-corrected chi connectivity index (χ0v) is 16.7. The van der Waals surface area contributed by atoms with Crippen LogP contribution in [0, 0.1) is 22.0 Å². The third kappa shape index (κ3) is 4.48. The van der Waals surface area contributed by atoms with Crippen molar-refractivity contribution in [1.82, 2.24) is 9.29 Å². The van der Waals surface area contributed by atoms with E-state index in [1.807, 2.05) is 19.9 Å². The summed E-state index contributed by atoms with van der Waals surface area (Å²) >= 11 is 0. The molecule has 9 heteroatoms. The lowest BCUT2D eigenvalue weighted by Gasteiger charge is -2.34. The van der Waals surface area contributed by atoms with E-state index in [2.05, 4.69) is 10.3 Å². The first-order chi connectivity index (χ1) is 13.3. The van der Waals surface area contributed by atoms with Crippen molar-refractivity contribution >= 4 is 21.4 Å². The summed E-state index contributed by atoms with van der Waals surface area (Å²) in [4.78, 5) is 14.9. The molecule has 0 amide bonds. The standard InChI is InChI=1S/C19H24N4O4S/c1-14-8-15(2)13-22(12-14)28(26,27)17-5-6-18(19(9-17)23(24)25)21-11-16-4-3-7-20-10-16/h3-7,9-10,14-15,21H,8,11-13H2,1-2H3/t14-,15+. The fraction of sp³-hybridized carbons (Fsp3) is 0.421. The van der Waals surface area contributed by atoms with Gasteiger partial charge in [0.1, 0.15) is 5.69 Å². The number of sulfonamides is 1. The lowest BCUT2D eigenvalue weighted by Crippen LogP contribution is -2.42. The van der Waals surface area contributed by atoms with Gasteiger partial charge in [0.05, 0.1) is 9.82 Å². The number of rotatable bonds is 6. The second-order valence-corrected chi connectivity index (χ2v) is 9.36. The highest BCUT2D eigenvalue weighted by Gasteiger charge is 2.33. The van der Waals surface area contributed by atoms with Crippen LogP contribution in [0.5, 0.6) is 0 Å². The van der Waals surface area contributed by atoms with Gasteiger partial charge < -0.3 is 5.32 Å². The molecule has 0 saturated carbocycles.